The van der Waals surface area contributed by atoms with Crippen LogP contribution in [0.4, 0.5) is 11.4 Å². The molecule has 0 spiro atoms. The molecule has 2 nitrogen and oxygen atoms in total. The Kier molecular flexibility index (Phi) is 4.70. The summed E-state index contributed by atoms with van der Waals surface area (Å²) in [5.74, 6) is 1.14. The molecule has 4 rings (SSSR count). The van der Waals surface area contributed by atoms with E-state index in [1.165, 1.54) is 0 Å². The van der Waals surface area contributed by atoms with E-state index in [9.17, 15) is 0 Å². The van der Waals surface area contributed by atoms with Crippen LogP contribution in [0.1, 0.15) is 0 Å². The molecular weight excluding hydrogens is 365 g/mol. The van der Waals surface area contributed by atoms with Crippen molar-refractivity contribution < 1.29 is 4.74 Å². The van der Waals surface area contributed by atoms with E-state index >= 15 is 0 Å². The number of benzene rings is 4. The Bertz CT molecular complexity index is 1040. The summed E-state index contributed by atoms with van der Waals surface area (Å²) in [6.45, 7) is 0. The average molecular weight is 380 g/mol. The summed E-state index contributed by atoms with van der Waals surface area (Å²) in [7, 11) is 0. The Morgan fingerprint density at radius 3 is 2.00 bits per heavy atom. The molecule has 1 N–H and O–H groups in total. The van der Waals surface area contributed by atoms with Gasteiger partial charge in [-0.1, -0.05) is 71.7 Å². The van der Waals surface area contributed by atoms with Crippen molar-refractivity contribution in [1.82, 2.24) is 0 Å². The number of ether oxygens (including phenoxy) is 1. The lowest BCUT2D eigenvalue weighted by Crippen LogP contribution is -1.92. The highest BCUT2D eigenvalue weighted by Gasteiger charge is 2.11. The summed E-state index contributed by atoms with van der Waals surface area (Å²) in [5.41, 5.74) is 1.76. The van der Waals surface area contributed by atoms with Gasteiger partial charge in [0.25, 0.3) is 0 Å². The second-order valence-electron chi connectivity index (χ2n) is 5.87. The third-order valence-corrected chi connectivity index (χ3v) is 4.56. The summed E-state index contributed by atoms with van der Waals surface area (Å²) in [5, 5.41) is 6.42. The molecule has 4 aromatic rings. The third kappa shape index (κ3) is 3.62. The molecule has 0 heterocycles. The van der Waals surface area contributed by atoms with Crippen molar-refractivity contribution in [3.63, 3.8) is 0 Å². The van der Waals surface area contributed by atoms with Crippen molar-refractivity contribution in [2.24, 2.45) is 0 Å². The molecule has 0 aliphatic carbocycles. The van der Waals surface area contributed by atoms with Gasteiger partial charge in [0.05, 0.1) is 10.0 Å². The van der Waals surface area contributed by atoms with Gasteiger partial charge in [-0.3, -0.25) is 0 Å². The minimum absolute atomic E-state index is 0.447. The van der Waals surface area contributed by atoms with Crippen molar-refractivity contribution in [1.29, 1.82) is 0 Å². The standard InChI is InChI=1S/C22H15Cl2NO/c23-20-13-18(25-17-8-2-1-3-9-17)14-21(24)22(20)26-19-11-10-15-6-4-5-7-16(15)12-19/h1-14,25H. The molecule has 128 valence electrons. The zero-order valence-corrected chi connectivity index (χ0v) is 15.3. The van der Waals surface area contributed by atoms with Gasteiger partial charge < -0.3 is 10.1 Å². The van der Waals surface area contributed by atoms with Crippen molar-refractivity contribution in [3.8, 4) is 11.5 Å². The van der Waals surface area contributed by atoms with Crippen molar-refractivity contribution in [3.05, 3.63) is 95.0 Å². The van der Waals surface area contributed by atoms with Gasteiger partial charge >= 0.3 is 0 Å². The van der Waals surface area contributed by atoms with Crippen LogP contribution in [-0.2, 0) is 0 Å². The van der Waals surface area contributed by atoms with E-state index in [0.717, 1.165) is 22.1 Å². The quantitative estimate of drug-likeness (QED) is 0.392. The Morgan fingerprint density at radius 2 is 1.27 bits per heavy atom. The number of halogens is 2. The molecule has 0 amide bonds. The fourth-order valence-corrected chi connectivity index (χ4v) is 3.33. The number of hydrogen-bond acceptors (Lipinski definition) is 2. The van der Waals surface area contributed by atoms with Crippen LogP contribution in [-0.4, -0.2) is 0 Å². The van der Waals surface area contributed by atoms with Crippen LogP contribution in [0.2, 0.25) is 10.0 Å². The fourth-order valence-electron chi connectivity index (χ4n) is 2.77. The van der Waals surface area contributed by atoms with Crippen molar-refractivity contribution in [2.75, 3.05) is 5.32 Å². The highest BCUT2D eigenvalue weighted by molar-refractivity contribution is 6.37. The molecule has 0 bridgehead atoms. The predicted molar refractivity (Wildman–Crippen MR) is 110 cm³/mol. The van der Waals surface area contributed by atoms with E-state index in [4.69, 9.17) is 27.9 Å². The first-order valence-corrected chi connectivity index (χ1v) is 8.92. The van der Waals surface area contributed by atoms with E-state index in [1.807, 2.05) is 66.7 Å². The summed E-state index contributed by atoms with van der Waals surface area (Å²) >= 11 is 12.8. The van der Waals surface area contributed by atoms with Gasteiger partial charge in [-0.2, -0.15) is 0 Å². The second kappa shape index (κ2) is 7.28. The smallest absolute Gasteiger partial charge is 0.164 e. The SMILES string of the molecule is Clc1cc(Nc2ccccc2)cc(Cl)c1Oc1ccc2ccccc2c1. The van der Waals surface area contributed by atoms with Gasteiger partial charge in [-0.05, 0) is 47.2 Å². The Morgan fingerprint density at radius 1 is 0.615 bits per heavy atom. The number of para-hydroxylation sites is 1. The largest absolute Gasteiger partial charge is 0.454 e. The maximum Gasteiger partial charge on any atom is 0.164 e. The van der Waals surface area contributed by atoms with Crippen LogP contribution < -0.4 is 10.1 Å². The number of fused-ring (bicyclic) bond motifs is 1. The monoisotopic (exact) mass is 379 g/mol. The van der Waals surface area contributed by atoms with Crippen molar-refractivity contribution >= 4 is 45.3 Å². The molecule has 4 aromatic carbocycles. The number of anilines is 2. The van der Waals surface area contributed by atoms with E-state index in [-0.39, 0.29) is 0 Å². The van der Waals surface area contributed by atoms with E-state index in [0.29, 0.717) is 21.5 Å². The summed E-state index contributed by atoms with van der Waals surface area (Å²) < 4.78 is 5.96. The van der Waals surface area contributed by atoms with Gasteiger partial charge in [-0.25, -0.2) is 0 Å². The average Bonchev–Trinajstić information content (AvgIpc) is 2.65. The normalized spacial score (nSPS) is 10.7. The van der Waals surface area contributed by atoms with Crippen LogP contribution in [0.5, 0.6) is 11.5 Å². The lowest BCUT2D eigenvalue weighted by atomic mass is 10.1. The van der Waals surface area contributed by atoms with E-state index in [1.54, 1.807) is 12.1 Å². The van der Waals surface area contributed by atoms with Gasteiger partial charge in [0, 0.05) is 11.4 Å². The van der Waals surface area contributed by atoms with Crippen molar-refractivity contribution in [2.45, 2.75) is 0 Å². The van der Waals surface area contributed by atoms with Crippen LogP contribution in [0, 0.1) is 0 Å². The van der Waals surface area contributed by atoms with Gasteiger partial charge in [0.1, 0.15) is 5.75 Å². The van der Waals surface area contributed by atoms with Crippen LogP contribution in [0.15, 0.2) is 84.9 Å². The molecule has 26 heavy (non-hydrogen) atoms. The van der Waals surface area contributed by atoms with Crippen LogP contribution in [0.3, 0.4) is 0 Å². The number of hydrogen-bond donors (Lipinski definition) is 1. The maximum absolute atomic E-state index is 6.42. The van der Waals surface area contributed by atoms with Crippen LogP contribution in [0.25, 0.3) is 10.8 Å². The molecule has 0 saturated heterocycles. The van der Waals surface area contributed by atoms with Crippen LogP contribution >= 0.6 is 23.2 Å². The minimum atomic E-state index is 0.447. The topological polar surface area (TPSA) is 21.3 Å². The zero-order chi connectivity index (χ0) is 17.9. The number of rotatable bonds is 4. The molecule has 0 unspecified atom stereocenters. The first-order chi connectivity index (χ1) is 12.7. The number of nitrogens with one attached hydrogen (secondary N) is 1. The second-order valence-corrected chi connectivity index (χ2v) is 6.69. The lowest BCUT2D eigenvalue weighted by molar-refractivity contribution is 0.484. The first kappa shape index (κ1) is 16.8. The lowest BCUT2D eigenvalue weighted by Gasteiger charge is -2.13. The highest BCUT2D eigenvalue weighted by atomic mass is 35.5. The molecule has 0 atom stereocenters. The Labute approximate surface area is 161 Å². The maximum atomic E-state index is 6.42. The summed E-state index contributed by atoms with van der Waals surface area (Å²) in [6.07, 6.45) is 0. The minimum Gasteiger partial charge on any atom is -0.454 e. The third-order valence-electron chi connectivity index (χ3n) is 4.00. The van der Waals surface area contributed by atoms with Gasteiger partial charge in [-0.15, -0.1) is 0 Å². The molecule has 0 saturated carbocycles. The Balaban J connectivity index is 1.61. The first-order valence-electron chi connectivity index (χ1n) is 8.17. The zero-order valence-electron chi connectivity index (χ0n) is 13.7. The van der Waals surface area contributed by atoms with E-state index in [2.05, 4.69) is 11.4 Å². The predicted octanol–water partition coefficient (Wildman–Crippen LogP) is 7.68. The molecular formula is C22H15Cl2NO. The molecule has 0 aliphatic heterocycles. The summed E-state index contributed by atoms with van der Waals surface area (Å²) in [6, 6.07) is 27.4. The molecule has 0 radical (unpaired) electrons. The molecule has 0 fully saturated rings. The molecule has 0 aliphatic rings. The van der Waals surface area contributed by atoms with E-state index < -0.39 is 0 Å². The fraction of sp³-hybridized carbons (Fsp3) is 0. The molecule has 0 aromatic heterocycles. The summed E-state index contributed by atoms with van der Waals surface area (Å²) in [4.78, 5) is 0. The Hall–Kier alpha value is -2.68. The van der Waals surface area contributed by atoms with Gasteiger partial charge in [0.2, 0.25) is 0 Å². The molecule has 4 heteroatoms. The highest BCUT2D eigenvalue weighted by Crippen LogP contribution is 2.40. The van der Waals surface area contributed by atoms with Gasteiger partial charge in [0.15, 0.2) is 5.75 Å².